The monoisotopic (exact) mass is 349 g/mol. The molecule has 3 heterocycles. The van der Waals surface area contributed by atoms with Crippen molar-refractivity contribution in [3.8, 4) is 0 Å². The molecule has 0 radical (unpaired) electrons. The summed E-state index contributed by atoms with van der Waals surface area (Å²) in [5, 5.41) is 2.99. The van der Waals surface area contributed by atoms with Crippen molar-refractivity contribution in [3.05, 3.63) is 54.6 Å². The summed E-state index contributed by atoms with van der Waals surface area (Å²) in [6.07, 6.45) is 5.13. The van der Waals surface area contributed by atoms with Crippen LogP contribution in [0.25, 0.3) is 11.0 Å². The second kappa shape index (κ2) is 7.25. The van der Waals surface area contributed by atoms with Crippen LogP contribution in [-0.4, -0.2) is 38.4 Å². The third kappa shape index (κ3) is 3.46. The van der Waals surface area contributed by atoms with Crippen LogP contribution in [0.3, 0.4) is 0 Å². The van der Waals surface area contributed by atoms with E-state index < -0.39 is 0 Å². The number of fused-ring (bicyclic) bond motifs is 1. The number of rotatable bonds is 4. The first-order valence-corrected chi connectivity index (χ1v) is 9.04. The van der Waals surface area contributed by atoms with Crippen LogP contribution in [0.5, 0.6) is 0 Å². The highest BCUT2D eigenvalue weighted by Crippen LogP contribution is 2.22. The van der Waals surface area contributed by atoms with Crippen molar-refractivity contribution in [1.29, 1.82) is 0 Å². The number of piperidine rings is 1. The van der Waals surface area contributed by atoms with Crippen molar-refractivity contribution in [2.24, 2.45) is 13.0 Å². The van der Waals surface area contributed by atoms with Gasteiger partial charge >= 0.3 is 0 Å². The zero-order chi connectivity index (χ0) is 17.9. The minimum Gasteiger partial charge on any atom is -0.330 e. The number of nitrogens with one attached hydrogen (secondary N) is 1. The maximum Gasteiger partial charge on any atom is 0.227 e. The molecular formula is C20H23N5O. The highest BCUT2D eigenvalue weighted by molar-refractivity contribution is 5.92. The molecule has 1 aliphatic heterocycles. The molecule has 4 rings (SSSR count). The van der Waals surface area contributed by atoms with Gasteiger partial charge in [0.2, 0.25) is 5.91 Å². The topological polar surface area (TPSA) is 63.1 Å². The lowest BCUT2D eigenvalue weighted by atomic mass is 9.96. The van der Waals surface area contributed by atoms with Crippen LogP contribution in [0, 0.1) is 5.92 Å². The van der Waals surface area contributed by atoms with Gasteiger partial charge in [-0.1, -0.05) is 12.1 Å². The molecule has 6 nitrogen and oxygen atoms in total. The summed E-state index contributed by atoms with van der Waals surface area (Å²) in [5.41, 5.74) is 3.01. The fourth-order valence-electron chi connectivity index (χ4n) is 3.57. The average molecular weight is 349 g/mol. The minimum absolute atomic E-state index is 0.0693. The van der Waals surface area contributed by atoms with Gasteiger partial charge in [-0.15, -0.1) is 0 Å². The lowest BCUT2D eigenvalue weighted by Crippen LogP contribution is -2.38. The normalized spacial score (nSPS) is 16.0. The van der Waals surface area contributed by atoms with E-state index in [2.05, 4.69) is 38.9 Å². The molecule has 0 bridgehead atoms. The summed E-state index contributed by atoms with van der Waals surface area (Å²) in [5.74, 6) is 1.25. The van der Waals surface area contributed by atoms with Gasteiger partial charge in [0.15, 0.2) is 0 Å². The minimum atomic E-state index is 0.0693. The second-order valence-corrected chi connectivity index (χ2v) is 6.85. The zero-order valence-corrected chi connectivity index (χ0v) is 14.9. The van der Waals surface area contributed by atoms with Crippen LogP contribution in [0.1, 0.15) is 18.7 Å². The van der Waals surface area contributed by atoms with Crippen LogP contribution in [0.2, 0.25) is 0 Å². The van der Waals surface area contributed by atoms with E-state index in [9.17, 15) is 4.79 Å². The third-order valence-corrected chi connectivity index (χ3v) is 5.15. The molecule has 134 valence electrons. The Morgan fingerprint density at radius 2 is 1.88 bits per heavy atom. The number of para-hydroxylation sites is 2. The van der Waals surface area contributed by atoms with E-state index in [0.717, 1.165) is 55.0 Å². The number of anilines is 1. The standard InChI is InChI=1S/C20H23N5O/c1-24-18-5-3-2-4-17(18)23-19(24)14-25-12-8-15(9-13-25)20(26)22-16-6-10-21-11-7-16/h2-7,10-11,15H,8-9,12-14H2,1H3,(H,21,22,26). The van der Waals surface area contributed by atoms with Crippen LogP contribution < -0.4 is 5.32 Å². The third-order valence-electron chi connectivity index (χ3n) is 5.15. The average Bonchev–Trinajstić information content (AvgIpc) is 2.99. The van der Waals surface area contributed by atoms with E-state index in [0.29, 0.717) is 0 Å². The van der Waals surface area contributed by atoms with Crippen LogP contribution >= 0.6 is 0 Å². The highest BCUT2D eigenvalue weighted by atomic mass is 16.1. The molecule has 1 aliphatic rings. The Hall–Kier alpha value is -2.73. The first kappa shape index (κ1) is 16.7. The summed E-state index contributed by atoms with van der Waals surface area (Å²) in [6.45, 7) is 2.65. The predicted octanol–water partition coefficient (Wildman–Crippen LogP) is 2.82. The van der Waals surface area contributed by atoms with Gasteiger partial charge in [-0.25, -0.2) is 4.98 Å². The summed E-state index contributed by atoms with van der Waals surface area (Å²) >= 11 is 0. The number of carbonyl (C=O) groups excluding carboxylic acids is 1. The number of aromatic nitrogens is 3. The SMILES string of the molecule is Cn1c(CN2CCC(C(=O)Nc3ccncc3)CC2)nc2ccccc21. The Morgan fingerprint density at radius 1 is 1.15 bits per heavy atom. The summed E-state index contributed by atoms with van der Waals surface area (Å²) in [7, 11) is 2.07. The lowest BCUT2D eigenvalue weighted by molar-refractivity contribution is -0.121. The van der Waals surface area contributed by atoms with Crippen molar-refractivity contribution >= 4 is 22.6 Å². The summed E-state index contributed by atoms with van der Waals surface area (Å²) in [4.78, 5) is 23.5. The molecule has 1 N–H and O–H groups in total. The molecule has 6 heteroatoms. The van der Waals surface area contributed by atoms with Gasteiger partial charge < -0.3 is 9.88 Å². The molecular weight excluding hydrogens is 326 g/mol. The lowest BCUT2D eigenvalue weighted by Gasteiger charge is -2.30. The highest BCUT2D eigenvalue weighted by Gasteiger charge is 2.25. The largest absolute Gasteiger partial charge is 0.330 e. The molecule has 1 amide bonds. The van der Waals surface area contributed by atoms with Crippen molar-refractivity contribution in [2.45, 2.75) is 19.4 Å². The van der Waals surface area contributed by atoms with E-state index in [-0.39, 0.29) is 11.8 Å². The maximum absolute atomic E-state index is 12.4. The first-order valence-electron chi connectivity index (χ1n) is 9.04. The fourth-order valence-corrected chi connectivity index (χ4v) is 3.57. The molecule has 0 unspecified atom stereocenters. The number of amides is 1. The first-order chi connectivity index (χ1) is 12.7. The number of likely N-dealkylation sites (tertiary alicyclic amines) is 1. The Morgan fingerprint density at radius 3 is 2.62 bits per heavy atom. The number of hydrogen-bond donors (Lipinski definition) is 1. The Balaban J connectivity index is 1.34. The molecule has 1 fully saturated rings. The number of aryl methyl sites for hydroxylation is 1. The molecule has 0 saturated carbocycles. The van der Waals surface area contributed by atoms with Crippen molar-refractivity contribution in [2.75, 3.05) is 18.4 Å². The maximum atomic E-state index is 12.4. The van der Waals surface area contributed by atoms with Gasteiger partial charge in [0.1, 0.15) is 5.82 Å². The summed E-state index contributed by atoms with van der Waals surface area (Å²) in [6, 6.07) is 11.8. The van der Waals surface area contributed by atoms with Gasteiger partial charge in [-0.3, -0.25) is 14.7 Å². The molecule has 1 aromatic carbocycles. The van der Waals surface area contributed by atoms with Crippen molar-refractivity contribution < 1.29 is 4.79 Å². The molecule has 0 aliphatic carbocycles. The van der Waals surface area contributed by atoms with Crippen LogP contribution in [0.15, 0.2) is 48.8 Å². The molecule has 1 saturated heterocycles. The fraction of sp³-hybridized carbons (Fsp3) is 0.350. The Labute approximate surface area is 152 Å². The molecule has 0 spiro atoms. The van der Waals surface area contributed by atoms with Crippen LogP contribution in [-0.2, 0) is 18.4 Å². The van der Waals surface area contributed by atoms with Gasteiger partial charge in [-0.05, 0) is 50.2 Å². The number of pyridine rings is 1. The number of hydrogen-bond acceptors (Lipinski definition) is 4. The Kier molecular flexibility index (Phi) is 4.67. The van der Waals surface area contributed by atoms with E-state index >= 15 is 0 Å². The zero-order valence-electron chi connectivity index (χ0n) is 14.9. The molecule has 26 heavy (non-hydrogen) atoms. The molecule has 3 aromatic rings. The number of carbonyl (C=O) groups is 1. The molecule has 0 atom stereocenters. The second-order valence-electron chi connectivity index (χ2n) is 6.85. The van der Waals surface area contributed by atoms with Gasteiger partial charge in [0.05, 0.1) is 17.6 Å². The number of nitrogens with zero attached hydrogens (tertiary/aromatic N) is 4. The molecule has 2 aromatic heterocycles. The smallest absolute Gasteiger partial charge is 0.227 e. The van der Waals surface area contributed by atoms with E-state index in [1.807, 2.05) is 24.3 Å². The quantitative estimate of drug-likeness (QED) is 0.787. The Bertz CT molecular complexity index is 897. The van der Waals surface area contributed by atoms with Crippen molar-refractivity contribution in [1.82, 2.24) is 19.4 Å². The number of imidazole rings is 1. The summed E-state index contributed by atoms with van der Waals surface area (Å²) < 4.78 is 2.16. The van der Waals surface area contributed by atoms with Crippen molar-refractivity contribution in [3.63, 3.8) is 0 Å². The van der Waals surface area contributed by atoms with E-state index in [4.69, 9.17) is 4.98 Å². The van der Waals surface area contributed by atoms with Crippen LogP contribution in [0.4, 0.5) is 5.69 Å². The van der Waals surface area contributed by atoms with Gasteiger partial charge in [0.25, 0.3) is 0 Å². The van der Waals surface area contributed by atoms with Gasteiger partial charge in [-0.2, -0.15) is 0 Å². The number of benzene rings is 1. The predicted molar refractivity (Wildman–Crippen MR) is 102 cm³/mol. The van der Waals surface area contributed by atoms with E-state index in [1.165, 1.54) is 0 Å². The van der Waals surface area contributed by atoms with Gasteiger partial charge in [0, 0.05) is 31.0 Å². The van der Waals surface area contributed by atoms with E-state index in [1.54, 1.807) is 12.4 Å².